The van der Waals surface area contributed by atoms with Crippen LogP contribution in [0.4, 0.5) is 0 Å². The summed E-state index contributed by atoms with van der Waals surface area (Å²) in [6.45, 7) is 19.9. The molecular weight excluding hydrogens is 725 g/mol. The Bertz CT molecular complexity index is 1910. The number of aliphatic hydroxyl groups is 2. The molecule has 0 aliphatic carbocycles. The zero-order chi connectivity index (χ0) is 42.4. The molecule has 1 fully saturated rings. The molecule has 0 spiro atoms. The maximum Gasteiger partial charge on any atom is 0.303 e. The first-order valence-electron chi connectivity index (χ1n) is 19.5. The van der Waals surface area contributed by atoms with Crippen LogP contribution in [0.3, 0.4) is 0 Å². The maximum atomic E-state index is 13.8. The minimum Gasteiger partial charge on any atom is -0.515 e. The number of fused-ring (bicyclic) bond motifs is 5. The van der Waals surface area contributed by atoms with E-state index >= 15 is 0 Å². The molecule has 0 aromatic carbocycles. The quantitative estimate of drug-likeness (QED) is 0.100. The van der Waals surface area contributed by atoms with Crippen molar-refractivity contribution in [3.8, 4) is 0 Å². The molecule has 57 heavy (non-hydrogen) atoms. The van der Waals surface area contributed by atoms with E-state index in [0.717, 1.165) is 102 Å². The van der Waals surface area contributed by atoms with Crippen molar-refractivity contribution >= 4 is 29.0 Å². The molecule has 5 aliphatic rings. The molecule has 13 heteroatoms. The Morgan fingerprint density at radius 2 is 1.63 bits per heavy atom. The van der Waals surface area contributed by atoms with Gasteiger partial charge in [-0.1, -0.05) is 33.4 Å². The maximum absolute atomic E-state index is 13.8. The number of hydrogen-bond donors (Lipinski definition) is 5. The fourth-order valence-electron chi connectivity index (χ4n) is 7.23. The minimum atomic E-state index is -0.898. The minimum absolute atomic E-state index is 0.0195. The highest BCUT2D eigenvalue weighted by molar-refractivity contribution is 6.20. The van der Waals surface area contributed by atoms with Gasteiger partial charge in [0, 0.05) is 87.8 Å². The van der Waals surface area contributed by atoms with Gasteiger partial charge >= 0.3 is 5.97 Å². The number of allylic oxidation sites excluding steroid dienone is 11. The van der Waals surface area contributed by atoms with Gasteiger partial charge in [0.1, 0.15) is 0 Å². The van der Waals surface area contributed by atoms with Crippen molar-refractivity contribution in [1.82, 2.24) is 15.5 Å². The largest absolute Gasteiger partial charge is 0.515 e. The lowest BCUT2D eigenvalue weighted by Gasteiger charge is -2.22. The number of amides is 1. The number of methoxy groups -OCH3 is 2. The Morgan fingerprint density at radius 3 is 2.23 bits per heavy atom. The van der Waals surface area contributed by atoms with Crippen LogP contribution in [-0.2, 0) is 19.1 Å². The van der Waals surface area contributed by atoms with E-state index in [9.17, 15) is 19.8 Å². The Hall–Kier alpha value is -4.95. The van der Waals surface area contributed by atoms with Crippen LogP contribution < -0.4 is 10.6 Å². The topological polar surface area (TPSA) is 178 Å². The fourth-order valence-corrected chi connectivity index (χ4v) is 7.23. The number of carboxylic acids is 1. The van der Waals surface area contributed by atoms with Gasteiger partial charge in [-0.3, -0.25) is 9.59 Å². The van der Waals surface area contributed by atoms with E-state index in [1.165, 1.54) is 0 Å². The molecule has 310 valence electrons. The molecule has 0 saturated carbocycles. The van der Waals surface area contributed by atoms with Crippen LogP contribution in [0.2, 0.25) is 0 Å². The van der Waals surface area contributed by atoms with Crippen LogP contribution in [0.25, 0.3) is 0 Å². The van der Waals surface area contributed by atoms with Gasteiger partial charge in [-0.2, -0.15) is 0 Å². The third kappa shape index (κ3) is 10.9. The van der Waals surface area contributed by atoms with Crippen LogP contribution in [-0.4, -0.2) is 110 Å². The Morgan fingerprint density at radius 1 is 0.965 bits per heavy atom. The second kappa shape index (κ2) is 22.1. The van der Waals surface area contributed by atoms with Crippen molar-refractivity contribution in [2.75, 3.05) is 61.2 Å². The number of likely N-dealkylation sites (N-methyl/N-ethyl adjacent to an activating group) is 2. The monoisotopic (exact) mass is 786 g/mol. The number of ether oxygens (including phenoxy) is 2. The molecule has 1 amide bonds. The van der Waals surface area contributed by atoms with E-state index in [0.29, 0.717) is 42.1 Å². The number of hydrogen-bond acceptors (Lipinski definition) is 11. The lowest BCUT2D eigenvalue weighted by molar-refractivity contribution is -0.137. The third-order valence-corrected chi connectivity index (χ3v) is 10.6. The van der Waals surface area contributed by atoms with Gasteiger partial charge in [0.15, 0.2) is 0 Å². The number of nitrogens with one attached hydrogen (secondary N) is 2. The first-order chi connectivity index (χ1) is 27.3. The molecule has 1 unspecified atom stereocenters. The van der Waals surface area contributed by atoms with Gasteiger partial charge in [-0.25, -0.2) is 15.0 Å². The number of aliphatic imine (C=N–C) groups is 3. The molecule has 8 bridgehead atoms. The van der Waals surface area contributed by atoms with Crippen LogP contribution in [0, 0.1) is 11.8 Å². The SMILES string of the molecule is C=CC1=C(C)C2=NC1=CC1=NC(=CC3=C(C)/C(=C\O)C(=N3)C(CC(=O)N(C)CCOC)=C3NC(=C2)C(C)[C@@H]3CCC(=O)O)C(CC)=C1C.CCNCCOC.CO. The second-order valence-corrected chi connectivity index (χ2v) is 14.0. The fraction of sp³-hybridized carbons (Fsp3) is 0.477. The van der Waals surface area contributed by atoms with Gasteiger partial charge in [0.2, 0.25) is 5.91 Å². The number of aliphatic carboxylic acids is 1. The second-order valence-electron chi connectivity index (χ2n) is 14.0. The average Bonchev–Trinajstić information content (AvgIpc) is 3.88. The zero-order valence-electron chi connectivity index (χ0n) is 35.4. The molecule has 13 nitrogen and oxygen atoms in total. The number of carbonyl (C=O) groups is 2. The van der Waals surface area contributed by atoms with E-state index in [4.69, 9.17) is 29.6 Å². The van der Waals surface area contributed by atoms with Gasteiger partial charge in [-0.15, -0.1) is 0 Å². The van der Waals surface area contributed by atoms with Gasteiger partial charge in [0.05, 0.1) is 60.1 Å². The molecule has 1 saturated heterocycles. The number of aliphatic hydroxyl groups excluding tert-OH is 2. The average molecular weight is 787 g/mol. The zero-order valence-corrected chi connectivity index (χ0v) is 35.4. The number of carbonyl (C=O) groups excluding carboxylic acids is 1. The molecular formula is C44H62N6O7. The van der Waals surface area contributed by atoms with Crippen molar-refractivity contribution < 1.29 is 34.4 Å². The summed E-state index contributed by atoms with van der Waals surface area (Å²) < 4.78 is 10.00. The van der Waals surface area contributed by atoms with Crippen LogP contribution in [0.15, 0.2) is 120 Å². The molecule has 0 aromatic heterocycles. The summed E-state index contributed by atoms with van der Waals surface area (Å²) in [5.41, 5.74) is 11.7. The van der Waals surface area contributed by atoms with Crippen molar-refractivity contribution in [3.63, 3.8) is 0 Å². The number of nitrogens with zero attached hydrogens (tertiary/aromatic N) is 4. The molecule has 5 heterocycles. The summed E-state index contributed by atoms with van der Waals surface area (Å²) in [6.07, 6.45) is 9.85. The van der Waals surface area contributed by atoms with E-state index in [1.807, 2.05) is 38.2 Å². The van der Waals surface area contributed by atoms with Crippen LogP contribution >= 0.6 is 0 Å². The number of rotatable bonds is 14. The molecule has 5 aliphatic heterocycles. The smallest absolute Gasteiger partial charge is 0.303 e. The van der Waals surface area contributed by atoms with E-state index in [-0.39, 0.29) is 30.6 Å². The van der Waals surface area contributed by atoms with E-state index in [1.54, 1.807) is 26.2 Å². The first kappa shape index (κ1) is 46.4. The van der Waals surface area contributed by atoms with Crippen LogP contribution in [0.1, 0.15) is 67.2 Å². The first-order valence-corrected chi connectivity index (χ1v) is 19.5. The van der Waals surface area contributed by atoms with Gasteiger partial charge in [0.25, 0.3) is 0 Å². The van der Waals surface area contributed by atoms with E-state index < -0.39 is 5.97 Å². The predicted molar refractivity (Wildman–Crippen MR) is 228 cm³/mol. The van der Waals surface area contributed by atoms with Crippen molar-refractivity contribution in [1.29, 1.82) is 0 Å². The predicted octanol–water partition coefficient (Wildman–Crippen LogP) is 6.28. The highest BCUT2D eigenvalue weighted by atomic mass is 16.5. The molecule has 5 rings (SSSR count). The van der Waals surface area contributed by atoms with Crippen molar-refractivity contribution in [2.45, 2.75) is 67.2 Å². The summed E-state index contributed by atoms with van der Waals surface area (Å²) in [7, 11) is 6.02. The highest BCUT2D eigenvalue weighted by Gasteiger charge is 2.39. The Kier molecular flexibility index (Phi) is 18.0. The summed E-state index contributed by atoms with van der Waals surface area (Å²) in [5.74, 6) is -1.44. The Labute approximate surface area is 338 Å². The van der Waals surface area contributed by atoms with Gasteiger partial charge < -0.3 is 40.3 Å². The molecule has 2 atom stereocenters. The summed E-state index contributed by atoms with van der Waals surface area (Å²) in [4.78, 5) is 42.4. The summed E-state index contributed by atoms with van der Waals surface area (Å²) in [5, 5.41) is 34.1. The van der Waals surface area contributed by atoms with Crippen LogP contribution in [0.5, 0.6) is 0 Å². The van der Waals surface area contributed by atoms with Crippen molar-refractivity contribution in [3.05, 3.63) is 105 Å². The molecule has 5 N–H and O–H groups in total. The summed E-state index contributed by atoms with van der Waals surface area (Å²) >= 11 is 0. The lowest BCUT2D eigenvalue weighted by atomic mass is 9.84. The summed E-state index contributed by atoms with van der Waals surface area (Å²) in [6, 6.07) is 0. The lowest BCUT2D eigenvalue weighted by Crippen LogP contribution is -2.32. The number of carboxylic acid groups (broad SMARTS) is 1. The van der Waals surface area contributed by atoms with E-state index in [2.05, 4.69) is 44.9 Å². The highest BCUT2D eigenvalue weighted by Crippen LogP contribution is 2.43. The van der Waals surface area contributed by atoms with Gasteiger partial charge in [-0.05, 0) is 80.7 Å². The molecule has 0 radical (unpaired) electrons. The normalized spacial score (nSPS) is 20.5. The standard InChI is InChI=1S/C38H45N5O5.C5H13NO.CH4O/c1-9-24-20(3)29-16-31-22(5)26(11-12-36(46)47)37(41-31)27(15-35(45)43(7)13-14-48-8)38-28(19-44)23(6)32(42-38)18-34-25(10-2)21(4)30(40-34)17-33(24)39-29;1-3-6-4-5-7-2;1-2/h9,16-19,22,26,41,44H,1,10-15H2,2-8H3,(H,46,47);6H,3-5H2,1-2H3;2H,1H3/b28-19+,31-16?,33-17?,34-18?,37-27?;;/t22?,26-;;/m0../s1. The molecule has 0 aromatic rings. The third-order valence-electron chi connectivity index (χ3n) is 10.6. The van der Waals surface area contributed by atoms with Crippen molar-refractivity contribution in [2.24, 2.45) is 26.8 Å². The Balaban J connectivity index is 0.000000873.